The van der Waals surface area contributed by atoms with E-state index in [1.165, 1.54) is 23.5 Å². The summed E-state index contributed by atoms with van der Waals surface area (Å²) in [6.07, 6.45) is 0. The molecule has 1 amide bonds. The lowest BCUT2D eigenvalue weighted by Crippen LogP contribution is -2.22. The molecule has 0 aliphatic rings. The van der Waals surface area contributed by atoms with Crippen LogP contribution in [0.1, 0.15) is 20.4 Å². The molecule has 0 aliphatic heterocycles. The van der Waals surface area contributed by atoms with Gasteiger partial charge in [0.05, 0.1) is 22.5 Å². The molecule has 0 aliphatic carbocycles. The maximum atomic E-state index is 13.1. The highest BCUT2D eigenvalue weighted by atomic mass is 32.1. The topological polar surface area (TPSA) is 54.9 Å². The van der Waals surface area contributed by atoms with E-state index in [9.17, 15) is 9.18 Å². The highest BCUT2D eigenvalue weighted by Gasteiger charge is 2.16. The summed E-state index contributed by atoms with van der Waals surface area (Å²) in [7, 11) is 0. The first-order valence-electron chi connectivity index (χ1n) is 7.96. The molecule has 0 saturated heterocycles. The minimum atomic E-state index is -0.296. The smallest absolute Gasteiger partial charge is 0.263 e. The van der Waals surface area contributed by atoms with Crippen LogP contribution >= 0.6 is 22.7 Å². The molecule has 0 fully saturated rings. The lowest BCUT2D eigenvalue weighted by Gasteiger charge is -2.00. The van der Waals surface area contributed by atoms with E-state index in [1.54, 1.807) is 30.4 Å². The van der Waals surface area contributed by atoms with Crippen LogP contribution in [0.25, 0.3) is 20.8 Å². The van der Waals surface area contributed by atoms with Gasteiger partial charge in [0.2, 0.25) is 0 Å². The minimum absolute atomic E-state index is 0.174. The van der Waals surface area contributed by atoms with Crippen LogP contribution in [0.2, 0.25) is 0 Å². The molecule has 1 N–H and O–H groups in total. The number of carbonyl (C=O) groups is 1. The summed E-state index contributed by atoms with van der Waals surface area (Å²) >= 11 is 2.87. The van der Waals surface area contributed by atoms with Crippen molar-refractivity contribution in [1.82, 2.24) is 15.3 Å². The average Bonchev–Trinajstić information content (AvgIpc) is 3.23. The second-order valence-electron chi connectivity index (χ2n) is 5.70. The van der Waals surface area contributed by atoms with Crippen LogP contribution in [0.5, 0.6) is 0 Å². The van der Waals surface area contributed by atoms with Crippen molar-refractivity contribution in [3.63, 3.8) is 0 Å². The number of halogens is 1. The van der Waals surface area contributed by atoms with Crippen molar-refractivity contribution in [1.29, 1.82) is 0 Å². The second kappa shape index (κ2) is 6.93. The largest absolute Gasteiger partial charge is 0.345 e. The van der Waals surface area contributed by atoms with E-state index < -0.39 is 0 Å². The number of fused-ring (bicyclic) bond motifs is 1. The van der Waals surface area contributed by atoms with Crippen molar-refractivity contribution in [2.75, 3.05) is 0 Å². The monoisotopic (exact) mass is 383 g/mol. The van der Waals surface area contributed by atoms with Crippen LogP contribution in [-0.4, -0.2) is 15.9 Å². The van der Waals surface area contributed by atoms with Crippen molar-refractivity contribution >= 4 is 38.8 Å². The van der Waals surface area contributed by atoms with Crippen molar-refractivity contribution in [2.45, 2.75) is 13.5 Å². The SMILES string of the molecule is Cc1nc(-c2ccc(F)cc2)sc1C(=O)NCc1nc2ccccc2s1. The summed E-state index contributed by atoms with van der Waals surface area (Å²) in [5.74, 6) is -0.469. The molecule has 4 aromatic rings. The second-order valence-corrected chi connectivity index (χ2v) is 7.81. The third-order valence-corrected chi connectivity index (χ3v) is 6.07. The fourth-order valence-electron chi connectivity index (χ4n) is 2.55. The Morgan fingerprint density at radius 3 is 2.62 bits per heavy atom. The minimum Gasteiger partial charge on any atom is -0.345 e. The number of aryl methyl sites for hydroxylation is 1. The molecular formula is C19H14FN3OS2. The van der Waals surface area contributed by atoms with E-state index in [4.69, 9.17) is 0 Å². The molecule has 0 radical (unpaired) electrons. The molecule has 0 spiro atoms. The van der Waals surface area contributed by atoms with Gasteiger partial charge in [-0.1, -0.05) is 12.1 Å². The Balaban J connectivity index is 1.50. The van der Waals surface area contributed by atoms with Crippen LogP contribution in [0.15, 0.2) is 48.5 Å². The summed E-state index contributed by atoms with van der Waals surface area (Å²) in [5.41, 5.74) is 2.40. The predicted molar refractivity (Wildman–Crippen MR) is 103 cm³/mol. The summed E-state index contributed by atoms with van der Waals surface area (Å²) in [4.78, 5) is 22.1. The summed E-state index contributed by atoms with van der Waals surface area (Å²) in [5, 5.41) is 4.47. The van der Waals surface area contributed by atoms with Crippen molar-refractivity contribution < 1.29 is 9.18 Å². The van der Waals surface area contributed by atoms with Gasteiger partial charge >= 0.3 is 0 Å². The number of aromatic nitrogens is 2. The Morgan fingerprint density at radius 1 is 1.08 bits per heavy atom. The maximum absolute atomic E-state index is 13.1. The Bertz CT molecular complexity index is 1050. The number of carbonyl (C=O) groups excluding carboxylic acids is 1. The lowest BCUT2D eigenvalue weighted by molar-refractivity contribution is 0.0954. The van der Waals surface area contributed by atoms with Crippen LogP contribution in [0.3, 0.4) is 0 Å². The molecule has 4 nitrogen and oxygen atoms in total. The molecule has 2 aromatic carbocycles. The Hall–Kier alpha value is -2.64. The van der Waals surface area contributed by atoms with Gasteiger partial charge in [-0.2, -0.15) is 0 Å². The molecule has 2 heterocycles. The van der Waals surface area contributed by atoms with Crippen LogP contribution in [0, 0.1) is 12.7 Å². The number of nitrogens with one attached hydrogen (secondary N) is 1. The number of hydrogen-bond donors (Lipinski definition) is 1. The normalized spacial score (nSPS) is 11.0. The van der Waals surface area contributed by atoms with Gasteiger partial charge in [0, 0.05) is 5.56 Å². The zero-order valence-electron chi connectivity index (χ0n) is 13.8. The van der Waals surface area contributed by atoms with E-state index in [2.05, 4.69) is 15.3 Å². The van der Waals surface area contributed by atoms with Crippen LogP contribution in [-0.2, 0) is 6.54 Å². The van der Waals surface area contributed by atoms with E-state index in [1.807, 2.05) is 24.3 Å². The van der Waals surface area contributed by atoms with E-state index in [-0.39, 0.29) is 11.7 Å². The van der Waals surface area contributed by atoms with Crippen molar-refractivity contribution in [3.05, 3.63) is 69.9 Å². The zero-order chi connectivity index (χ0) is 18.1. The molecule has 4 rings (SSSR count). The van der Waals surface area contributed by atoms with Gasteiger partial charge in [0.15, 0.2) is 0 Å². The Kier molecular flexibility index (Phi) is 4.48. The summed E-state index contributed by atoms with van der Waals surface area (Å²) in [6.45, 7) is 2.18. The average molecular weight is 383 g/mol. The quantitative estimate of drug-likeness (QED) is 0.551. The van der Waals surface area contributed by atoms with Gasteiger partial charge in [-0.25, -0.2) is 14.4 Å². The van der Waals surface area contributed by atoms with Gasteiger partial charge in [0.1, 0.15) is 20.7 Å². The fourth-order valence-corrected chi connectivity index (χ4v) is 4.45. The summed E-state index contributed by atoms with van der Waals surface area (Å²) < 4.78 is 14.2. The van der Waals surface area contributed by atoms with Crippen molar-refractivity contribution in [3.8, 4) is 10.6 Å². The van der Waals surface area contributed by atoms with E-state index in [0.717, 1.165) is 20.8 Å². The van der Waals surface area contributed by atoms with Crippen LogP contribution < -0.4 is 5.32 Å². The molecule has 2 aromatic heterocycles. The molecule has 0 saturated carbocycles. The number of thiazole rings is 2. The van der Waals surface area contributed by atoms with Crippen LogP contribution in [0.4, 0.5) is 4.39 Å². The Morgan fingerprint density at radius 2 is 1.85 bits per heavy atom. The van der Waals surface area contributed by atoms with E-state index >= 15 is 0 Å². The molecule has 0 bridgehead atoms. The first kappa shape index (κ1) is 16.8. The standard InChI is InChI=1S/C19H14FN3OS2/c1-11-17(26-19(22-11)12-6-8-13(20)9-7-12)18(24)21-10-16-23-14-4-2-3-5-15(14)25-16/h2-9H,10H2,1H3,(H,21,24). The first-order chi connectivity index (χ1) is 12.6. The highest BCUT2D eigenvalue weighted by Crippen LogP contribution is 2.28. The van der Waals surface area contributed by atoms with Gasteiger partial charge in [-0.15, -0.1) is 22.7 Å². The number of para-hydroxylation sites is 1. The molecule has 0 unspecified atom stereocenters. The number of nitrogens with zero attached hydrogens (tertiary/aromatic N) is 2. The number of benzene rings is 2. The maximum Gasteiger partial charge on any atom is 0.263 e. The lowest BCUT2D eigenvalue weighted by atomic mass is 10.2. The predicted octanol–water partition coefficient (Wildman–Crippen LogP) is 4.80. The number of amides is 1. The highest BCUT2D eigenvalue weighted by molar-refractivity contribution is 7.18. The number of rotatable bonds is 4. The zero-order valence-corrected chi connectivity index (χ0v) is 15.5. The van der Waals surface area contributed by atoms with Gasteiger partial charge in [0.25, 0.3) is 5.91 Å². The van der Waals surface area contributed by atoms with Gasteiger partial charge < -0.3 is 5.32 Å². The molecule has 7 heteroatoms. The Labute approximate surface area is 157 Å². The summed E-state index contributed by atoms with van der Waals surface area (Å²) in [6, 6.07) is 14.0. The molecule has 0 atom stereocenters. The molecular weight excluding hydrogens is 369 g/mol. The first-order valence-corrected chi connectivity index (χ1v) is 9.59. The third-order valence-electron chi connectivity index (χ3n) is 3.83. The van der Waals surface area contributed by atoms with Gasteiger partial charge in [-0.05, 0) is 43.3 Å². The molecule has 130 valence electrons. The van der Waals surface area contributed by atoms with Gasteiger partial charge in [-0.3, -0.25) is 4.79 Å². The third kappa shape index (κ3) is 3.36. The van der Waals surface area contributed by atoms with E-state index in [0.29, 0.717) is 22.1 Å². The molecule has 26 heavy (non-hydrogen) atoms. The fraction of sp³-hybridized carbons (Fsp3) is 0.105. The van der Waals surface area contributed by atoms with Crippen molar-refractivity contribution in [2.24, 2.45) is 0 Å². The number of hydrogen-bond acceptors (Lipinski definition) is 5.